The van der Waals surface area contributed by atoms with Crippen LogP contribution < -0.4 is 5.32 Å². The van der Waals surface area contributed by atoms with Gasteiger partial charge < -0.3 is 14.4 Å². The SMILES string of the molecule is O=[N+]([O-])c1ccc2c(c1)c(C1=CCN(CC[N+]3([O-])CCNC3)CC1)cn2-c1ccc(F)cc1. The van der Waals surface area contributed by atoms with E-state index in [0.29, 0.717) is 19.8 Å². The molecule has 0 saturated carbocycles. The molecule has 8 nitrogen and oxygen atoms in total. The second kappa shape index (κ2) is 8.68. The van der Waals surface area contributed by atoms with E-state index in [9.17, 15) is 19.7 Å². The molecule has 3 heterocycles. The van der Waals surface area contributed by atoms with Crippen molar-refractivity contribution < 1.29 is 14.0 Å². The Kier molecular flexibility index (Phi) is 5.71. The average molecular weight is 452 g/mol. The van der Waals surface area contributed by atoms with Crippen LogP contribution in [0.25, 0.3) is 22.2 Å². The van der Waals surface area contributed by atoms with Crippen molar-refractivity contribution in [2.75, 3.05) is 45.9 Å². The molecule has 1 N–H and O–H groups in total. The van der Waals surface area contributed by atoms with Crippen LogP contribution in [0.4, 0.5) is 10.1 Å². The van der Waals surface area contributed by atoms with Crippen molar-refractivity contribution in [1.82, 2.24) is 14.8 Å². The topological polar surface area (TPSA) is 86.4 Å². The minimum atomic E-state index is -0.385. The van der Waals surface area contributed by atoms with Gasteiger partial charge >= 0.3 is 0 Å². The summed E-state index contributed by atoms with van der Waals surface area (Å²) in [5, 5.41) is 27.9. The highest BCUT2D eigenvalue weighted by Crippen LogP contribution is 2.35. The Balaban J connectivity index is 1.44. The minimum absolute atomic E-state index is 0.0438. The normalized spacial score (nSPS) is 21.5. The van der Waals surface area contributed by atoms with E-state index in [1.54, 1.807) is 24.3 Å². The summed E-state index contributed by atoms with van der Waals surface area (Å²) in [7, 11) is 0. The van der Waals surface area contributed by atoms with Gasteiger partial charge in [0.1, 0.15) is 12.5 Å². The number of fused-ring (bicyclic) bond motifs is 1. The first-order valence-corrected chi connectivity index (χ1v) is 11.2. The molecule has 172 valence electrons. The lowest BCUT2D eigenvalue weighted by molar-refractivity contribution is -0.868. The van der Waals surface area contributed by atoms with Crippen LogP contribution in [-0.2, 0) is 0 Å². The number of halogens is 1. The maximum atomic E-state index is 13.5. The van der Waals surface area contributed by atoms with Crippen molar-refractivity contribution in [2.45, 2.75) is 6.42 Å². The van der Waals surface area contributed by atoms with Gasteiger partial charge in [-0.05, 0) is 42.3 Å². The van der Waals surface area contributed by atoms with E-state index >= 15 is 0 Å². The van der Waals surface area contributed by atoms with Crippen molar-refractivity contribution in [3.63, 3.8) is 0 Å². The smallest absolute Gasteiger partial charge is 0.270 e. The molecule has 2 aliphatic rings. The third-order valence-electron chi connectivity index (χ3n) is 6.66. The molecule has 0 bridgehead atoms. The van der Waals surface area contributed by atoms with E-state index in [0.717, 1.165) is 60.3 Å². The molecule has 1 atom stereocenters. The summed E-state index contributed by atoms with van der Waals surface area (Å²) in [6.45, 7) is 4.77. The fraction of sp³-hybridized carbons (Fsp3) is 0.333. The van der Waals surface area contributed by atoms with E-state index in [1.165, 1.54) is 18.2 Å². The second-order valence-electron chi connectivity index (χ2n) is 8.79. The summed E-state index contributed by atoms with van der Waals surface area (Å²) < 4.78 is 15.2. The van der Waals surface area contributed by atoms with Gasteiger partial charge in [-0.3, -0.25) is 20.3 Å². The number of hydrogen-bond donors (Lipinski definition) is 1. The van der Waals surface area contributed by atoms with Crippen molar-refractivity contribution in [3.05, 3.63) is 81.4 Å². The van der Waals surface area contributed by atoms with Crippen molar-refractivity contribution >= 4 is 22.2 Å². The number of hydroxylamine groups is 3. The lowest BCUT2D eigenvalue weighted by Crippen LogP contribution is -2.46. The van der Waals surface area contributed by atoms with Crippen LogP contribution >= 0.6 is 0 Å². The molecule has 1 unspecified atom stereocenters. The van der Waals surface area contributed by atoms with Gasteiger partial charge in [0.2, 0.25) is 0 Å². The van der Waals surface area contributed by atoms with Crippen molar-refractivity contribution in [1.29, 1.82) is 0 Å². The summed E-state index contributed by atoms with van der Waals surface area (Å²) in [5.74, 6) is -0.312. The summed E-state index contributed by atoms with van der Waals surface area (Å²) >= 11 is 0. The first-order valence-electron chi connectivity index (χ1n) is 11.2. The Morgan fingerprint density at radius 2 is 2.00 bits per heavy atom. The molecule has 1 fully saturated rings. The predicted molar refractivity (Wildman–Crippen MR) is 125 cm³/mol. The summed E-state index contributed by atoms with van der Waals surface area (Å²) in [5.41, 5.74) is 3.76. The quantitative estimate of drug-likeness (QED) is 0.268. The van der Waals surface area contributed by atoms with Crippen LogP contribution in [0.15, 0.2) is 54.7 Å². The largest absolute Gasteiger partial charge is 0.632 e. The Bertz CT molecular complexity index is 1210. The zero-order valence-electron chi connectivity index (χ0n) is 18.2. The number of non-ortho nitro benzene ring substituents is 1. The Hall–Kier alpha value is -3.11. The highest BCUT2D eigenvalue weighted by atomic mass is 19.1. The molecule has 1 saturated heterocycles. The highest BCUT2D eigenvalue weighted by Gasteiger charge is 2.24. The average Bonchev–Trinajstić information content (AvgIpc) is 3.42. The van der Waals surface area contributed by atoms with Gasteiger partial charge in [-0.2, -0.15) is 0 Å². The number of nitro benzene ring substituents is 1. The number of nitrogens with zero attached hydrogens (tertiary/aromatic N) is 4. The fourth-order valence-electron chi connectivity index (χ4n) is 4.72. The molecule has 0 amide bonds. The van der Waals surface area contributed by atoms with Gasteiger partial charge in [0.05, 0.1) is 30.1 Å². The number of nitro groups is 1. The zero-order chi connectivity index (χ0) is 23.0. The van der Waals surface area contributed by atoms with Gasteiger partial charge in [-0.25, -0.2) is 4.39 Å². The number of rotatable bonds is 6. The van der Waals surface area contributed by atoms with Gasteiger partial charge in [0.25, 0.3) is 5.69 Å². The van der Waals surface area contributed by atoms with Gasteiger partial charge in [-0.15, -0.1) is 0 Å². The Morgan fingerprint density at radius 1 is 1.18 bits per heavy atom. The molecule has 1 aromatic heterocycles. The van der Waals surface area contributed by atoms with Gasteiger partial charge in [-0.1, -0.05) is 6.08 Å². The third kappa shape index (κ3) is 4.40. The van der Waals surface area contributed by atoms with Crippen LogP contribution in [0.3, 0.4) is 0 Å². The van der Waals surface area contributed by atoms with Crippen LogP contribution in [0.5, 0.6) is 0 Å². The van der Waals surface area contributed by atoms with E-state index < -0.39 is 0 Å². The number of hydrogen-bond acceptors (Lipinski definition) is 5. The molecular weight excluding hydrogens is 425 g/mol. The first kappa shape index (κ1) is 21.7. The standard InChI is InChI=1S/C24H26FN5O3/c25-19-1-3-20(4-2-19)28-16-23(22-15-21(29(31)32)5-6-24(22)28)18-7-10-27(11-8-18)12-14-30(33)13-9-26-17-30/h1-7,15-16,26H,8-14,17H2. The lowest BCUT2D eigenvalue weighted by Gasteiger charge is -2.39. The maximum absolute atomic E-state index is 13.5. The van der Waals surface area contributed by atoms with E-state index in [4.69, 9.17) is 0 Å². The molecular formula is C24H26FN5O3. The van der Waals surface area contributed by atoms with Crippen LogP contribution in [0.2, 0.25) is 0 Å². The Labute approximate surface area is 190 Å². The molecule has 0 radical (unpaired) electrons. The molecule has 0 aliphatic carbocycles. The summed E-state index contributed by atoms with van der Waals surface area (Å²) in [6.07, 6.45) is 4.93. The predicted octanol–water partition coefficient (Wildman–Crippen LogP) is 3.64. The van der Waals surface area contributed by atoms with E-state index in [2.05, 4.69) is 16.3 Å². The maximum Gasteiger partial charge on any atom is 0.270 e. The van der Waals surface area contributed by atoms with Crippen molar-refractivity contribution in [2.24, 2.45) is 0 Å². The molecule has 33 heavy (non-hydrogen) atoms. The molecule has 0 spiro atoms. The number of nitrogens with one attached hydrogen (secondary N) is 1. The second-order valence-corrected chi connectivity index (χ2v) is 8.79. The molecule has 2 aliphatic heterocycles. The van der Waals surface area contributed by atoms with Crippen LogP contribution in [0.1, 0.15) is 12.0 Å². The molecule has 2 aromatic carbocycles. The number of aromatic nitrogens is 1. The fourth-order valence-corrected chi connectivity index (χ4v) is 4.72. The number of benzene rings is 2. The summed E-state index contributed by atoms with van der Waals surface area (Å²) in [4.78, 5) is 13.3. The summed E-state index contributed by atoms with van der Waals surface area (Å²) in [6, 6.07) is 11.1. The first-order chi connectivity index (χ1) is 15.9. The van der Waals surface area contributed by atoms with E-state index in [1.807, 2.05) is 10.8 Å². The molecule has 5 rings (SSSR count). The molecule has 9 heteroatoms. The third-order valence-corrected chi connectivity index (χ3v) is 6.66. The van der Waals surface area contributed by atoms with Crippen molar-refractivity contribution in [3.8, 4) is 5.69 Å². The van der Waals surface area contributed by atoms with Crippen LogP contribution in [-0.4, -0.2) is 65.0 Å². The number of quaternary nitrogens is 1. The Morgan fingerprint density at radius 3 is 2.67 bits per heavy atom. The van der Waals surface area contributed by atoms with E-state index in [-0.39, 0.29) is 21.1 Å². The van der Waals surface area contributed by atoms with Gasteiger partial charge in [0, 0.05) is 54.6 Å². The minimum Gasteiger partial charge on any atom is -0.632 e. The van der Waals surface area contributed by atoms with Gasteiger partial charge in [0.15, 0.2) is 0 Å². The zero-order valence-corrected chi connectivity index (χ0v) is 18.2. The van der Waals surface area contributed by atoms with Crippen LogP contribution in [0, 0.1) is 21.1 Å². The molecule has 3 aromatic rings. The monoisotopic (exact) mass is 451 g/mol. The lowest BCUT2D eigenvalue weighted by atomic mass is 9.98. The highest BCUT2D eigenvalue weighted by molar-refractivity contribution is 5.95.